The molecule has 1 saturated carbocycles. The number of sulfonamides is 1. The molecule has 2 aromatic rings. The zero-order valence-electron chi connectivity index (χ0n) is 22.3. The van der Waals surface area contributed by atoms with Gasteiger partial charge in [-0.2, -0.15) is 0 Å². The van der Waals surface area contributed by atoms with E-state index in [4.69, 9.17) is 4.74 Å². The predicted octanol–water partition coefficient (Wildman–Crippen LogP) is 4.03. The van der Waals surface area contributed by atoms with Gasteiger partial charge in [0.05, 0.1) is 19.1 Å². The summed E-state index contributed by atoms with van der Waals surface area (Å²) in [4.78, 5) is 28.1. The van der Waals surface area contributed by atoms with Crippen molar-refractivity contribution < 1.29 is 22.7 Å². The minimum Gasteiger partial charge on any atom is -0.497 e. The maximum Gasteiger partial charge on any atom is 0.242 e. The van der Waals surface area contributed by atoms with Crippen LogP contribution in [-0.4, -0.2) is 57.1 Å². The number of hydrogen-bond donors (Lipinski definition) is 1. The number of ether oxygens (including phenoxy) is 1. The Labute approximate surface area is 221 Å². The van der Waals surface area contributed by atoms with Crippen LogP contribution >= 0.6 is 0 Å². The van der Waals surface area contributed by atoms with Gasteiger partial charge in [-0.25, -0.2) is 8.42 Å². The van der Waals surface area contributed by atoms with Crippen molar-refractivity contribution in [3.05, 3.63) is 59.7 Å². The molecule has 0 heterocycles. The van der Waals surface area contributed by atoms with Gasteiger partial charge in [0.1, 0.15) is 11.8 Å². The fourth-order valence-electron chi connectivity index (χ4n) is 4.66. The lowest BCUT2D eigenvalue weighted by molar-refractivity contribution is -0.141. The Morgan fingerprint density at radius 1 is 1.11 bits per heavy atom. The van der Waals surface area contributed by atoms with Gasteiger partial charge in [0.25, 0.3) is 0 Å². The summed E-state index contributed by atoms with van der Waals surface area (Å²) in [5.74, 6) is 0.310. The third-order valence-electron chi connectivity index (χ3n) is 6.83. The number of carbonyl (C=O) groups is 2. The van der Waals surface area contributed by atoms with Gasteiger partial charge in [-0.1, -0.05) is 42.7 Å². The Balaban J connectivity index is 1.72. The Morgan fingerprint density at radius 3 is 2.41 bits per heavy atom. The number of aryl methyl sites for hydroxylation is 1. The maximum atomic E-state index is 13.4. The van der Waals surface area contributed by atoms with E-state index >= 15 is 0 Å². The number of benzene rings is 2. The van der Waals surface area contributed by atoms with Gasteiger partial charge in [-0.3, -0.25) is 13.9 Å². The summed E-state index contributed by atoms with van der Waals surface area (Å²) < 4.78 is 31.6. The monoisotopic (exact) mass is 529 g/mol. The largest absolute Gasteiger partial charge is 0.497 e. The van der Waals surface area contributed by atoms with Crippen molar-refractivity contribution >= 4 is 27.5 Å². The number of methoxy groups -OCH3 is 1. The first-order valence-electron chi connectivity index (χ1n) is 12.9. The standard InChI is InChI=1S/C28H39N3O5S/c1-21-14-16-25(17-15-21)31(37(4,34)35)18-8-13-27(32)30(20-23-9-7-12-26(19-23)36-3)22(2)28(33)29-24-10-5-6-11-24/h7,9,12,14-17,19,22,24H,5-6,8,10-11,13,18,20H2,1-4H3,(H,29,33)/t22-/m1/s1. The molecule has 0 spiro atoms. The first-order chi connectivity index (χ1) is 17.6. The zero-order chi connectivity index (χ0) is 27.0. The summed E-state index contributed by atoms with van der Waals surface area (Å²) in [7, 11) is -1.93. The molecule has 0 radical (unpaired) electrons. The van der Waals surface area contributed by atoms with Crippen molar-refractivity contribution in [2.45, 2.75) is 71.0 Å². The lowest BCUT2D eigenvalue weighted by atomic mass is 10.1. The van der Waals surface area contributed by atoms with E-state index in [0.717, 1.165) is 36.8 Å². The highest BCUT2D eigenvalue weighted by Gasteiger charge is 2.28. The summed E-state index contributed by atoms with van der Waals surface area (Å²) >= 11 is 0. The van der Waals surface area contributed by atoms with E-state index in [2.05, 4.69) is 5.32 Å². The second-order valence-corrected chi connectivity index (χ2v) is 11.7. The Bertz CT molecular complexity index is 1160. The highest BCUT2D eigenvalue weighted by molar-refractivity contribution is 7.92. The lowest BCUT2D eigenvalue weighted by Gasteiger charge is -2.30. The molecule has 1 aliphatic carbocycles. The molecule has 0 aliphatic heterocycles. The van der Waals surface area contributed by atoms with Crippen LogP contribution in [0.15, 0.2) is 48.5 Å². The second-order valence-electron chi connectivity index (χ2n) is 9.81. The van der Waals surface area contributed by atoms with E-state index in [1.807, 2.05) is 43.3 Å². The van der Waals surface area contributed by atoms with Crippen LogP contribution < -0.4 is 14.4 Å². The van der Waals surface area contributed by atoms with E-state index in [0.29, 0.717) is 17.9 Å². The molecule has 8 nitrogen and oxygen atoms in total. The molecule has 0 bridgehead atoms. The first-order valence-corrected chi connectivity index (χ1v) is 14.7. The van der Waals surface area contributed by atoms with Crippen LogP contribution in [0.25, 0.3) is 0 Å². The van der Waals surface area contributed by atoms with Crippen molar-refractivity contribution in [3.8, 4) is 5.75 Å². The summed E-state index contributed by atoms with van der Waals surface area (Å²) in [6.07, 6.45) is 5.73. The van der Waals surface area contributed by atoms with Gasteiger partial charge in [0.2, 0.25) is 21.8 Å². The smallest absolute Gasteiger partial charge is 0.242 e. The quantitative estimate of drug-likeness (QED) is 0.448. The number of anilines is 1. The maximum absolute atomic E-state index is 13.4. The SMILES string of the molecule is COc1cccc(CN(C(=O)CCCN(c2ccc(C)cc2)S(C)(=O)=O)[C@H](C)C(=O)NC2CCCC2)c1. The van der Waals surface area contributed by atoms with Gasteiger partial charge in [0, 0.05) is 25.6 Å². The average molecular weight is 530 g/mol. The Morgan fingerprint density at radius 2 is 1.78 bits per heavy atom. The third-order valence-corrected chi connectivity index (χ3v) is 8.02. The number of rotatable bonds is 12. The molecule has 0 unspecified atom stereocenters. The molecule has 37 heavy (non-hydrogen) atoms. The first kappa shape index (κ1) is 28.5. The van der Waals surface area contributed by atoms with Gasteiger partial charge >= 0.3 is 0 Å². The summed E-state index contributed by atoms with van der Waals surface area (Å²) in [5.41, 5.74) is 2.45. The van der Waals surface area contributed by atoms with Crippen molar-refractivity contribution in [1.29, 1.82) is 0 Å². The van der Waals surface area contributed by atoms with Crippen LogP contribution in [0.1, 0.15) is 56.6 Å². The molecule has 2 amide bonds. The van der Waals surface area contributed by atoms with Crippen LogP contribution in [0.3, 0.4) is 0 Å². The third kappa shape index (κ3) is 8.21. The van der Waals surface area contributed by atoms with Crippen LogP contribution in [0.2, 0.25) is 0 Å². The van der Waals surface area contributed by atoms with Gasteiger partial charge in [0.15, 0.2) is 0 Å². The van der Waals surface area contributed by atoms with Crippen molar-refractivity contribution in [2.75, 3.05) is 24.2 Å². The normalized spacial score (nSPS) is 14.7. The topological polar surface area (TPSA) is 96.0 Å². The summed E-state index contributed by atoms with van der Waals surface area (Å²) in [6, 6.07) is 14.2. The highest BCUT2D eigenvalue weighted by Crippen LogP contribution is 2.22. The van der Waals surface area contributed by atoms with Crippen LogP contribution in [0, 0.1) is 6.92 Å². The number of nitrogens with zero attached hydrogens (tertiary/aromatic N) is 2. The number of amides is 2. The second kappa shape index (κ2) is 12.9. The molecule has 0 saturated heterocycles. The van der Waals surface area contributed by atoms with Crippen molar-refractivity contribution in [3.63, 3.8) is 0 Å². The van der Waals surface area contributed by atoms with E-state index < -0.39 is 16.1 Å². The van der Waals surface area contributed by atoms with Gasteiger partial charge in [-0.15, -0.1) is 0 Å². The molecule has 1 atom stereocenters. The molecule has 0 aromatic heterocycles. The van der Waals surface area contributed by atoms with Gasteiger partial charge in [-0.05, 0) is 62.9 Å². The van der Waals surface area contributed by atoms with Gasteiger partial charge < -0.3 is 15.0 Å². The molecule has 3 rings (SSSR count). The number of carbonyl (C=O) groups excluding carboxylic acids is 2. The molecule has 9 heteroatoms. The van der Waals surface area contributed by atoms with Crippen molar-refractivity contribution in [2.24, 2.45) is 0 Å². The summed E-state index contributed by atoms with van der Waals surface area (Å²) in [5, 5.41) is 3.10. The molecule has 202 valence electrons. The molecule has 1 aliphatic rings. The average Bonchev–Trinajstić information content (AvgIpc) is 3.38. The Kier molecular flexibility index (Phi) is 9.97. The lowest BCUT2D eigenvalue weighted by Crippen LogP contribution is -2.49. The fourth-order valence-corrected chi connectivity index (χ4v) is 5.62. The van der Waals surface area contributed by atoms with E-state index in [1.54, 1.807) is 31.1 Å². The minimum atomic E-state index is -3.52. The molecular weight excluding hydrogens is 490 g/mol. The molecule has 1 N–H and O–H groups in total. The highest BCUT2D eigenvalue weighted by atomic mass is 32.2. The minimum absolute atomic E-state index is 0.114. The Hall–Kier alpha value is -3.07. The molecular formula is C28H39N3O5S. The van der Waals surface area contributed by atoms with Crippen molar-refractivity contribution in [1.82, 2.24) is 10.2 Å². The predicted molar refractivity (Wildman–Crippen MR) is 146 cm³/mol. The van der Waals surface area contributed by atoms with Crippen LogP contribution in [0.5, 0.6) is 5.75 Å². The molecule has 1 fully saturated rings. The van der Waals surface area contributed by atoms with Crippen LogP contribution in [-0.2, 0) is 26.2 Å². The molecule has 2 aromatic carbocycles. The van der Waals surface area contributed by atoms with E-state index in [1.165, 1.54) is 10.6 Å². The zero-order valence-corrected chi connectivity index (χ0v) is 23.1. The van der Waals surface area contributed by atoms with E-state index in [-0.39, 0.29) is 37.4 Å². The number of nitrogens with one attached hydrogen (secondary N) is 1. The van der Waals surface area contributed by atoms with Crippen LogP contribution in [0.4, 0.5) is 5.69 Å². The number of hydrogen-bond acceptors (Lipinski definition) is 5. The summed E-state index contributed by atoms with van der Waals surface area (Å²) in [6.45, 7) is 4.11. The fraction of sp³-hybridized carbons (Fsp3) is 0.500. The van der Waals surface area contributed by atoms with E-state index in [9.17, 15) is 18.0 Å².